The minimum Gasteiger partial charge on any atom is -0.465 e. The topological polar surface area (TPSA) is 69.4 Å². The number of carbonyl (C=O) groups excluding carboxylic acids is 1. The van der Waals surface area contributed by atoms with E-state index in [1.807, 2.05) is 11.3 Å². The van der Waals surface area contributed by atoms with Crippen molar-refractivity contribution in [3.8, 4) is 0 Å². The normalized spacial score (nSPS) is 18.1. The summed E-state index contributed by atoms with van der Waals surface area (Å²) in [6.45, 7) is 2.22. The molecular weight excluding hydrogens is 256 g/mol. The van der Waals surface area contributed by atoms with Crippen molar-refractivity contribution in [1.29, 1.82) is 0 Å². The molecule has 1 saturated carbocycles. The number of ether oxygens (including phenoxy) is 1. The average Bonchev–Trinajstić information content (AvgIpc) is 2.92. The van der Waals surface area contributed by atoms with Gasteiger partial charge in [-0.3, -0.25) is 14.2 Å². The van der Waals surface area contributed by atoms with Crippen LogP contribution in [0.1, 0.15) is 44.9 Å². The monoisotopic (exact) mass is 274 g/mol. The minimum atomic E-state index is -0.658. The number of hydrogen-bond acceptors (Lipinski definition) is 5. The smallest absolute Gasteiger partial charge is 0.319 e. The van der Waals surface area contributed by atoms with E-state index in [4.69, 9.17) is 4.74 Å². The number of hydrogen-bond donors (Lipinski definition) is 0. The van der Waals surface area contributed by atoms with E-state index in [1.165, 1.54) is 0 Å². The van der Waals surface area contributed by atoms with Crippen LogP contribution in [-0.4, -0.2) is 32.2 Å². The predicted octanol–water partition coefficient (Wildman–Crippen LogP) is 1.89. The van der Waals surface area contributed by atoms with E-state index in [9.17, 15) is 4.79 Å². The van der Waals surface area contributed by atoms with E-state index in [0.29, 0.717) is 18.1 Å². The largest absolute Gasteiger partial charge is 0.465 e. The number of rotatable bonds is 3. The Labute approximate surface area is 117 Å². The van der Waals surface area contributed by atoms with Crippen LogP contribution in [0.15, 0.2) is 18.6 Å². The van der Waals surface area contributed by atoms with Crippen molar-refractivity contribution >= 4 is 11.6 Å². The van der Waals surface area contributed by atoms with Gasteiger partial charge in [0.1, 0.15) is 5.41 Å². The Morgan fingerprint density at radius 3 is 2.90 bits per heavy atom. The molecule has 0 amide bonds. The lowest BCUT2D eigenvalue weighted by molar-refractivity contribution is -0.152. The lowest BCUT2D eigenvalue weighted by Gasteiger charge is -2.33. The number of fused-ring (bicyclic) bond motifs is 1. The molecule has 0 unspecified atom stereocenters. The maximum absolute atomic E-state index is 12.5. The first-order chi connectivity index (χ1) is 9.78. The quantitative estimate of drug-likeness (QED) is 0.799. The summed E-state index contributed by atoms with van der Waals surface area (Å²) in [6.07, 6.45) is 9.86. The van der Waals surface area contributed by atoms with Gasteiger partial charge in [0, 0.05) is 12.4 Å². The average molecular weight is 274 g/mol. The van der Waals surface area contributed by atoms with E-state index in [-0.39, 0.29) is 5.97 Å². The fourth-order valence-corrected chi connectivity index (χ4v) is 3.02. The van der Waals surface area contributed by atoms with Gasteiger partial charge in [0.2, 0.25) is 0 Å². The molecule has 0 aromatic carbocycles. The van der Waals surface area contributed by atoms with Crippen LogP contribution in [0, 0.1) is 0 Å². The molecule has 6 heteroatoms. The fraction of sp³-hybridized carbons (Fsp3) is 0.571. The van der Waals surface area contributed by atoms with E-state index in [1.54, 1.807) is 18.6 Å². The fourth-order valence-electron chi connectivity index (χ4n) is 3.02. The zero-order valence-electron chi connectivity index (χ0n) is 11.6. The molecule has 1 fully saturated rings. The van der Waals surface area contributed by atoms with E-state index >= 15 is 0 Å². The van der Waals surface area contributed by atoms with Gasteiger partial charge >= 0.3 is 5.97 Å². The lowest BCUT2D eigenvalue weighted by Crippen LogP contribution is -2.41. The summed E-state index contributed by atoms with van der Waals surface area (Å²) in [5, 5.41) is 8.39. The molecule has 106 valence electrons. The summed E-state index contributed by atoms with van der Waals surface area (Å²) in [5.74, 6) is 0.513. The summed E-state index contributed by atoms with van der Waals surface area (Å²) in [4.78, 5) is 16.6. The van der Waals surface area contributed by atoms with Crippen molar-refractivity contribution < 1.29 is 9.53 Å². The van der Waals surface area contributed by atoms with Crippen LogP contribution in [0.3, 0.4) is 0 Å². The molecule has 0 spiro atoms. The van der Waals surface area contributed by atoms with Crippen molar-refractivity contribution in [2.75, 3.05) is 6.61 Å². The first-order valence-corrected chi connectivity index (χ1v) is 7.10. The number of carbonyl (C=O) groups is 1. The summed E-state index contributed by atoms with van der Waals surface area (Å²) in [5.41, 5.74) is 0.00595. The number of aromatic nitrogens is 4. The van der Waals surface area contributed by atoms with Gasteiger partial charge < -0.3 is 4.74 Å². The maximum atomic E-state index is 12.5. The Balaban J connectivity index is 2.11. The first kappa shape index (κ1) is 13.0. The first-order valence-electron chi connectivity index (χ1n) is 7.10. The highest BCUT2D eigenvalue weighted by molar-refractivity contribution is 5.82. The third-order valence-corrected chi connectivity index (χ3v) is 4.02. The maximum Gasteiger partial charge on any atom is 0.319 e. The highest BCUT2D eigenvalue weighted by Gasteiger charge is 2.46. The molecule has 6 nitrogen and oxygen atoms in total. The SMILES string of the molecule is CCOC(=O)C1(c2nnc3cnccn23)CCCCC1. The predicted molar refractivity (Wildman–Crippen MR) is 72.2 cm³/mol. The second kappa shape index (κ2) is 5.19. The van der Waals surface area contributed by atoms with Crippen molar-refractivity contribution in [1.82, 2.24) is 19.6 Å². The van der Waals surface area contributed by atoms with Crippen LogP contribution in [0.4, 0.5) is 0 Å². The van der Waals surface area contributed by atoms with Gasteiger partial charge in [0.05, 0.1) is 12.8 Å². The van der Waals surface area contributed by atoms with Crippen molar-refractivity contribution in [2.24, 2.45) is 0 Å². The Hall–Kier alpha value is -1.98. The Morgan fingerprint density at radius 2 is 2.15 bits per heavy atom. The standard InChI is InChI=1S/C14H18N4O2/c1-2-20-13(19)14(6-4-3-5-7-14)12-17-16-11-10-15-8-9-18(11)12/h8-10H,2-7H2,1H3. The zero-order chi connectivity index (χ0) is 14.0. The van der Waals surface area contributed by atoms with Crippen molar-refractivity contribution in [2.45, 2.75) is 44.4 Å². The third-order valence-electron chi connectivity index (χ3n) is 4.02. The molecule has 3 rings (SSSR count). The molecule has 0 N–H and O–H groups in total. The van der Waals surface area contributed by atoms with Gasteiger partial charge in [-0.2, -0.15) is 0 Å². The molecule has 2 heterocycles. The third kappa shape index (κ3) is 1.95. The number of esters is 1. The number of nitrogens with zero attached hydrogens (tertiary/aromatic N) is 4. The van der Waals surface area contributed by atoms with Crippen molar-refractivity contribution in [3.05, 3.63) is 24.4 Å². The van der Waals surface area contributed by atoms with Crippen LogP contribution in [0.5, 0.6) is 0 Å². The van der Waals surface area contributed by atoms with Gasteiger partial charge in [-0.25, -0.2) is 0 Å². The molecule has 0 radical (unpaired) electrons. The van der Waals surface area contributed by atoms with Crippen LogP contribution >= 0.6 is 0 Å². The van der Waals surface area contributed by atoms with Gasteiger partial charge in [-0.15, -0.1) is 10.2 Å². The zero-order valence-corrected chi connectivity index (χ0v) is 11.6. The van der Waals surface area contributed by atoms with E-state index in [0.717, 1.165) is 32.1 Å². The van der Waals surface area contributed by atoms with Gasteiger partial charge in [-0.1, -0.05) is 19.3 Å². The molecule has 0 saturated heterocycles. The molecule has 2 aromatic rings. The molecule has 1 aliphatic carbocycles. The van der Waals surface area contributed by atoms with Crippen LogP contribution in [0.2, 0.25) is 0 Å². The summed E-state index contributed by atoms with van der Waals surface area (Å²) >= 11 is 0. The molecule has 2 aromatic heterocycles. The van der Waals surface area contributed by atoms with Crippen LogP contribution < -0.4 is 0 Å². The summed E-state index contributed by atoms with van der Waals surface area (Å²) in [7, 11) is 0. The van der Waals surface area contributed by atoms with Crippen molar-refractivity contribution in [3.63, 3.8) is 0 Å². The molecule has 0 aliphatic heterocycles. The Kier molecular flexibility index (Phi) is 3.38. The summed E-state index contributed by atoms with van der Waals surface area (Å²) < 4.78 is 7.18. The second-order valence-corrected chi connectivity index (χ2v) is 5.19. The van der Waals surface area contributed by atoms with E-state index < -0.39 is 5.41 Å². The van der Waals surface area contributed by atoms with E-state index in [2.05, 4.69) is 15.2 Å². The molecule has 0 atom stereocenters. The molecular formula is C14H18N4O2. The van der Waals surface area contributed by atoms with Gasteiger partial charge in [0.25, 0.3) is 0 Å². The van der Waals surface area contributed by atoms with Crippen LogP contribution in [-0.2, 0) is 14.9 Å². The van der Waals surface area contributed by atoms with Gasteiger partial charge in [0.15, 0.2) is 11.5 Å². The molecule has 20 heavy (non-hydrogen) atoms. The highest BCUT2D eigenvalue weighted by Crippen LogP contribution is 2.39. The lowest BCUT2D eigenvalue weighted by atomic mass is 9.73. The highest BCUT2D eigenvalue weighted by atomic mass is 16.5. The minimum absolute atomic E-state index is 0.175. The molecule has 0 bridgehead atoms. The summed E-state index contributed by atoms with van der Waals surface area (Å²) in [6, 6.07) is 0. The van der Waals surface area contributed by atoms with Crippen LogP contribution in [0.25, 0.3) is 5.65 Å². The molecule has 1 aliphatic rings. The second-order valence-electron chi connectivity index (χ2n) is 5.19. The Morgan fingerprint density at radius 1 is 1.35 bits per heavy atom. The van der Waals surface area contributed by atoms with Gasteiger partial charge in [-0.05, 0) is 19.8 Å². The Bertz CT molecular complexity index is 616.